The van der Waals surface area contributed by atoms with E-state index < -0.39 is 5.41 Å². The minimum absolute atomic E-state index is 0.465. The summed E-state index contributed by atoms with van der Waals surface area (Å²) in [7, 11) is 0. The molecule has 0 spiro atoms. The highest BCUT2D eigenvalue weighted by molar-refractivity contribution is 5.60. The third-order valence-electron chi connectivity index (χ3n) is 4.28. The molecule has 0 atom stereocenters. The van der Waals surface area contributed by atoms with Crippen molar-refractivity contribution in [3.63, 3.8) is 0 Å². The molecule has 132 valence electrons. The lowest BCUT2D eigenvalue weighted by Crippen LogP contribution is -2.13. The monoisotopic (exact) mass is 347 g/mol. The zero-order valence-electron chi connectivity index (χ0n) is 15.3. The largest absolute Gasteiger partial charge is 0.324 e. The van der Waals surface area contributed by atoms with Crippen molar-refractivity contribution in [3.8, 4) is 6.07 Å². The van der Waals surface area contributed by atoms with Gasteiger partial charge >= 0.3 is 0 Å². The lowest BCUT2D eigenvalue weighted by Gasteiger charge is -2.17. The van der Waals surface area contributed by atoms with Crippen molar-refractivity contribution in [2.45, 2.75) is 33.1 Å². The van der Waals surface area contributed by atoms with E-state index in [0.717, 1.165) is 28.3 Å². The standard InChI is InChI=1S/C19H21N7/c1-12-13(2)25-26-17(12)23-16-8-9-21-18(24-16)22-15-7-5-6-14(10-15)19(3,4)11-20/h5-10H,1-4H3,(H3,21,22,23,24,25,26). The molecule has 0 bridgehead atoms. The quantitative estimate of drug-likeness (QED) is 0.642. The van der Waals surface area contributed by atoms with E-state index in [9.17, 15) is 5.26 Å². The highest BCUT2D eigenvalue weighted by Crippen LogP contribution is 2.26. The van der Waals surface area contributed by atoms with Crippen LogP contribution < -0.4 is 10.6 Å². The average Bonchev–Trinajstić information content (AvgIpc) is 2.94. The van der Waals surface area contributed by atoms with Crippen LogP contribution in [-0.4, -0.2) is 20.2 Å². The number of hydrogen-bond acceptors (Lipinski definition) is 6. The molecule has 0 unspecified atom stereocenters. The first-order valence-electron chi connectivity index (χ1n) is 8.29. The summed E-state index contributed by atoms with van der Waals surface area (Å²) >= 11 is 0. The minimum atomic E-state index is -0.558. The lowest BCUT2D eigenvalue weighted by molar-refractivity contribution is 0.687. The van der Waals surface area contributed by atoms with Gasteiger partial charge in [0, 0.05) is 23.1 Å². The molecular formula is C19H21N7. The Morgan fingerprint density at radius 1 is 1.15 bits per heavy atom. The SMILES string of the molecule is Cc1[nH]nc(Nc2ccnc(Nc3cccc(C(C)(C)C#N)c3)n2)c1C. The van der Waals surface area contributed by atoms with Gasteiger partial charge in [-0.2, -0.15) is 15.3 Å². The van der Waals surface area contributed by atoms with Crippen LogP contribution in [0, 0.1) is 25.2 Å². The van der Waals surface area contributed by atoms with Crippen LogP contribution in [0.15, 0.2) is 36.5 Å². The van der Waals surface area contributed by atoms with Crippen molar-refractivity contribution in [2.75, 3.05) is 10.6 Å². The fourth-order valence-corrected chi connectivity index (χ4v) is 2.40. The van der Waals surface area contributed by atoms with Gasteiger partial charge in [0.25, 0.3) is 0 Å². The van der Waals surface area contributed by atoms with Gasteiger partial charge in [0.2, 0.25) is 5.95 Å². The lowest BCUT2D eigenvalue weighted by atomic mass is 9.86. The second-order valence-electron chi connectivity index (χ2n) is 6.66. The summed E-state index contributed by atoms with van der Waals surface area (Å²) in [6, 6.07) is 11.8. The second-order valence-corrected chi connectivity index (χ2v) is 6.66. The summed E-state index contributed by atoms with van der Waals surface area (Å²) < 4.78 is 0. The van der Waals surface area contributed by atoms with Gasteiger partial charge in [-0.3, -0.25) is 5.10 Å². The third kappa shape index (κ3) is 3.64. The molecule has 3 aromatic rings. The van der Waals surface area contributed by atoms with Gasteiger partial charge in [-0.15, -0.1) is 0 Å². The molecule has 0 saturated carbocycles. The van der Waals surface area contributed by atoms with E-state index in [2.05, 4.69) is 36.9 Å². The molecule has 3 N–H and O–H groups in total. The molecule has 26 heavy (non-hydrogen) atoms. The van der Waals surface area contributed by atoms with Crippen molar-refractivity contribution >= 4 is 23.3 Å². The maximum Gasteiger partial charge on any atom is 0.229 e. The van der Waals surface area contributed by atoms with E-state index in [1.807, 2.05) is 52.0 Å². The van der Waals surface area contributed by atoms with E-state index in [0.29, 0.717) is 11.8 Å². The smallest absolute Gasteiger partial charge is 0.229 e. The first-order chi connectivity index (χ1) is 12.4. The number of aromatic amines is 1. The number of benzene rings is 1. The Hall–Kier alpha value is -3.40. The topological polar surface area (TPSA) is 102 Å². The summed E-state index contributed by atoms with van der Waals surface area (Å²) in [5.74, 6) is 1.85. The molecule has 1 aromatic carbocycles. The number of nitrogens with zero attached hydrogens (tertiary/aromatic N) is 4. The maximum atomic E-state index is 9.32. The molecule has 0 amide bonds. The average molecular weight is 347 g/mol. The number of nitriles is 1. The highest BCUT2D eigenvalue weighted by Gasteiger charge is 2.19. The van der Waals surface area contributed by atoms with E-state index >= 15 is 0 Å². The molecule has 3 rings (SSSR count). The number of rotatable bonds is 5. The van der Waals surface area contributed by atoms with Gasteiger partial charge in [0.1, 0.15) is 5.82 Å². The van der Waals surface area contributed by atoms with E-state index in [4.69, 9.17) is 0 Å². The predicted octanol–water partition coefficient (Wildman–Crippen LogP) is 4.10. The van der Waals surface area contributed by atoms with Gasteiger partial charge in [-0.1, -0.05) is 12.1 Å². The number of H-pyrrole nitrogens is 1. The number of nitrogens with one attached hydrogen (secondary N) is 3. The summed E-state index contributed by atoms with van der Waals surface area (Å²) in [6.07, 6.45) is 1.68. The van der Waals surface area contributed by atoms with Crippen LogP contribution in [0.2, 0.25) is 0 Å². The van der Waals surface area contributed by atoms with Crippen LogP contribution in [0.3, 0.4) is 0 Å². The zero-order valence-corrected chi connectivity index (χ0v) is 15.3. The van der Waals surface area contributed by atoms with E-state index in [1.165, 1.54) is 0 Å². The fraction of sp³-hybridized carbons (Fsp3) is 0.263. The Morgan fingerprint density at radius 2 is 1.96 bits per heavy atom. The molecule has 2 heterocycles. The molecule has 0 saturated heterocycles. The van der Waals surface area contributed by atoms with Crippen LogP contribution in [-0.2, 0) is 5.41 Å². The number of hydrogen-bond donors (Lipinski definition) is 3. The van der Waals surface area contributed by atoms with Crippen molar-refractivity contribution in [3.05, 3.63) is 53.3 Å². The molecule has 0 radical (unpaired) electrons. The van der Waals surface area contributed by atoms with Crippen LogP contribution >= 0.6 is 0 Å². The van der Waals surface area contributed by atoms with Crippen molar-refractivity contribution in [2.24, 2.45) is 0 Å². The second kappa shape index (κ2) is 6.84. The molecule has 7 heteroatoms. The Balaban J connectivity index is 1.80. The normalized spacial score (nSPS) is 11.0. The molecule has 2 aromatic heterocycles. The van der Waals surface area contributed by atoms with E-state index in [-0.39, 0.29) is 0 Å². The van der Waals surface area contributed by atoms with Gasteiger partial charge in [0.15, 0.2) is 5.82 Å². The van der Waals surface area contributed by atoms with Crippen LogP contribution in [0.4, 0.5) is 23.3 Å². The maximum absolute atomic E-state index is 9.32. The molecule has 0 fully saturated rings. The van der Waals surface area contributed by atoms with Gasteiger partial charge in [0.05, 0.1) is 11.5 Å². The summed E-state index contributed by atoms with van der Waals surface area (Å²) in [5, 5.41) is 22.9. The fourth-order valence-electron chi connectivity index (χ4n) is 2.40. The molecule has 7 nitrogen and oxygen atoms in total. The Morgan fingerprint density at radius 3 is 2.65 bits per heavy atom. The Labute approximate surface area is 152 Å². The van der Waals surface area contributed by atoms with Gasteiger partial charge in [-0.05, 0) is 51.5 Å². The zero-order chi connectivity index (χ0) is 18.7. The van der Waals surface area contributed by atoms with Crippen molar-refractivity contribution < 1.29 is 0 Å². The first-order valence-corrected chi connectivity index (χ1v) is 8.29. The van der Waals surface area contributed by atoms with Crippen LogP contribution in [0.1, 0.15) is 30.7 Å². The molecule has 0 aliphatic carbocycles. The predicted molar refractivity (Wildman–Crippen MR) is 102 cm³/mol. The summed E-state index contributed by atoms with van der Waals surface area (Å²) in [4.78, 5) is 8.73. The summed E-state index contributed by atoms with van der Waals surface area (Å²) in [6.45, 7) is 7.74. The minimum Gasteiger partial charge on any atom is -0.324 e. The van der Waals surface area contributed by atoms with Crippen molar-refractivity contribution in [1.82, 2.24) is 20.2 Å². The van der Waals surface area contributed by atoms with Gasteiger partial charge in [-0.25, -0.2) is 4.98 Å². The number of aromatic nitrogens is 4. The number of aryl methyl sites for hydroxylation is 1. The molecule has 0 aliphatic heterocycles. The Kier molecular flexibility index (Phi) is 4.59. The molecule has 0 aliphatic rings. The third-order valence-corrected chi connectivity index (χ3v) is 4.28. The van der Waals surface area contributed by atoms with Gasteiger partial charge < -0.3 is 10.6 Å². The summed E-state index contributed by atoms with van der Waals surface area (Å²) in [5.41, 5.74) is 3.26. The first kappa shape index (κ1) is 17.4. The highest BCUT2D eigenvalue weighted by atomic mass is 15.2. The van der Waals surface area contributed by atoms with Crippen molar-refractivity contribution in [1.29, 1.82) is 5.26 Å². The van der Waals surface area contributed by atoms with E-state index in [1.54, 1.807) is 12.3 Å². The molecular weight excluding hydrogens is 326 g/mol. The van der Waals surface area contributed by atoms with Crippen LogP contribution in [0.25, 0.3) is 0 Å². The number of anilines is 4. The van der Waals surface area contributed by atoms with Crippen LogP contribution in [0.5, 0.6) is 0 Å². The Bertz CT molecular complexity index is 966.